The van der Waals surface area contributed by atoms with Gasteiger partial charge in [-0.3, -0.25) is 4.79 Å². The number of aryl methyl sites for hydroxylation is 3. The monoisotopic (exact) mass is 350 g/mol. The summed E-state index contributed by atoms with van der Waals surface area (Å²) in [4.78, 5) is 13.2. The van der Waals surface area contributed by atoms with Crippen molar-refractivity contribution in [2.24, 2.45) is 0 Å². The lowest BCUT2D eigenvalue weighted by Crippen LogP contribution is -2.50. The van der Waals surface area contributed by atoms with E-state index in [1.165, 1.54) is 11.3 Å². The van der Waals surface area contributed by atoms with Gasteiger partial charge in [0.25, 0.3) is 5.91 Å². The highest BCUT2D eigenvalue weighted by Gasteiger charge is 2.29. The summed E-state index contributed by atoms with van der Waals surface area (Å²) in [6.45, 7) is 7.24. The van der Waals surface area contributed by atoms with Gasteiger partial charge in [0.15, 0.2) is 0 Å². The number of rotatable bonds is 5. The van der Waals surface area contributed by atoms with Crippen LogP contribution in [0.4, 0.5) is 0 Å². The Bertz CT molecular complexity index is 690. The fraction of sp³-hybridized carbons (Fsp3) is 0.529. The largest absolute Gasteiger partial charge is 0.379 e. The fourth-order valence-electron chi connectivity index (χ4n) is 2.79. The molecule has 1 fully saturated rings. The summed E-state index contributed by atoms with van der Waals surface area (Å²) in [5.41, 5.74) is 2.80. The summed E-state index contributed by atoms with van der Waals surface area (Å²) in [7, 11) is 0. The summed E-state index contributed by atoms with van der Waals surface area (Å²) in [6, 6.07) is 1.79. The Balaban J connectivity index is 1.63. The highest BCUT2D eigenvalue weighted by Crippen LogP contribution is 2.20. The third-order valence-electron chi connectivity index (χ3n) is 4.30. The number of nitrogens with zero attached hydrogens (tertiary/aromatic N) is 1. The molecule has 1 aliphatic heterocycles. The number of aromatic nitrogens is 1. The van der Waals surface area contributed by atoms with Crippen LogP contribution in [0, 0.1) is 20.8 Å². The number of carbonyl (C=O) groups excluding carboxylic acids is 1. The standard InChI is InChI=1S/C17H22N2O4S/c1-10-5-7-24-16(10)17(20)18-14-9-21-6-4-15(14)22-8-13-11(2)19-23-12(13)3/h5,7,14-15H,4,6,8-9H2,1-3H3,(H,18,20)/t14-,15+/m1/s1. The van der Waals surface area contributed by atoms with Crippen LogP contribution < -0.4 is 5.32 Å². The van der Waals surface area contributed by atoms with E-state index in [9.17, 15) is 4.79 Å². The minimum Gasteiger partial charge on any atom is -0.379 e. The second-order valence-corrected chi connectivity index (χ2v) is 6.94. The van der Waals surface area contributed by atoms with E-state index >= 15 is 0 Å². The van der Waals surface area contributed by atoms with Crippen molar-refractivity contribution in [3.63, 3.8) is 0 Å². The molecule has 1 amide bonds. The molecule has 3 heterocycles. The van der Waals surface area contributed by atoms with Gasteiger partial charge in [-0.2, -0.15) is 0 Å². The lowest BCUT2D eigenvalue weighted by molar-refractivity contribution is -0.0608. The zero-order valence-corrected chi connectivity index (χ0v) is 14.9. The first-order valence-electron chi connectivity index (χ1n) is 8.02. The third kappa shape index (κ3) is 3.68. The van der Waals surface area contributed by atoms with E-state index in [2.05, 4.69) is 10.5 Å². The number of carbonyl (C=O) groups is 1. The Morgan fingerprint density at radius 1 is 1.46 bits per heavy atom. The van der Waals surface area contributed by atoms with Crippen molar-refractivity contribution in [2.75, 3.05) is 13.2 Å². The van der Waals surface area contributed by atoms with E-state index in [0.717, 1.165) is 33.9 Å². The first-order chi connectivity index (χ1) is 11.6. The van der Waals surface area contributed by atoms with Crippen molar-refractivity contribution >= 4 is 17.2 Å². The molecule has 6 nitrogen and oxygen atoms in total. The molecule has 0 spiro atoms. The topological polar surface area (TPSA) is 73.6 Å². The summed E-state index contributed by atoms with van der Waals surface area (Å²) in [6.07, 6.45) is 0.661. The zero-order chi connectivity index (χ0) is 17.1. The molecule has 1 saturated heterocycles. The lowest BCUT2D eigenvalue weighted by atomic mass is 10.1. The predicted molar refractivity (Wildman–Crippen MR) is 90.3 cm³/mol. The third-order valence-corrected chi connectivity index (χ3v) is 5.32. The molecule has 2 aromatic rings. The number of amides is 1. The van der Waals surface area contributed by atoms with Crippen molar-refractivity contribution in [1.29, 1.82) is 0 Å². The van der Waals surface area contributed by atoms with Crippen molar-refractivity contribution < 1.29 is 18.8 Å². The molecule has 2 aromatic heterocycles. The Hall–Kier alpha value is -1.70. The van der Waals surface area contributed by atoms with Crippen LogP contribution in [0.3, 0.4) is 0 Å². The first-order valence-corrected chi connectivity index (χ1v) is 8.90. The van der Waals surface area contributed by atoms with E-state index in [0.29, 0.717) is 19.8 Å². The molecule has 0 aromatic carbocycles. The average molecular weight is 350 g/mol. The molecule has 0 radical (unpaired) electrons. The van der Waals surface area contributed by atoms with Crippen LogP contribution in [0.2, 0.25) is 0 Å². The van der Waals surface area contributed by atoms with Gasteiger partial charge in [0, 0.05) is 12.2 Å². The Kier molecular flexibility index (Phi) is 5.33. The van der Waals surface area contributed by atoms with Gasteiger partial charge >= 0.3 is 0 Å². The number of thiophene rings is 1. The van der Waals surface area contributed by atoms with Gasteiger partial charge in [-0.1, -0.05) is 5.16 Å². The summed E-state index contributed by atoms with van der Waals surface area (Å²) >= 11 is 1.45. The first kappa shape index (κ1) is 17.1. The molecule has 0 bridgehead atoms. The van der Waals surface area contributed by atoms with Crippen LogP contribution in [0.15, 0.2) is 16.0 Å². The molecule has 3 rings (SSSR count). The van der Waals surface area contributed by atoms with Gasteiger partial charge in [0.1, 0.15) is 5.76 Å². The van der Waals surface area contributed by atoms with E-state index < -0.39 is 0 Å². The van der Waals surface area contributed by atoms with E-state index in [-0.39, 0.29) is 18.1 Å². The molecular formula is C17H22N2O4S. The van der Waals surface area contributed by atoms with Crippen LogP contribution in [0.1, 0.15) is 38.7 Å². The molecule has 130 valence electrons. The van der Waals surface area contributed by atoms with Gasteiger partial charge in [0.05, 0.1) is 35.9 Å². The van der Waals surface area contributed by atoms with Crippen LogP contribution in [0.25, 0.3) is 0 Å². The maximum absolute atomic E-state index is 12.4. The van der Waals surface area contributed by atoms with Gasteiger partial charge in [-0.15, -0.1) is 11.3 Å². The van der Waals surface area contributed by atoms with Gasteiger partial charge < -0.3 is 19.3 Å². The maximum atomic E-state index is 12.4. The van der Waals surface area contributed by atoms with Crippen LogP contribution in [-0.4, -0.2) is 36.4 Å². The molecular weight excluding hydrogens is 328 g/mol. The average Bonchev–Trinajstić information content (AvgIpc) is 3.13. The number of nitrogens with one attached hydrogen (secondary N) is 1. The van der Waals surface area contributed by atoms with E-state index in [1.807, 2.05) is 32.2 Å². The molecule has 0 unspecified atom stereocenters. The Morgan fingerprint density at radius 2 is 2.29 bits per heavy atom. The SMILES string of the molecule is Cc1ccsc1C(=O)N[C@@H]1COCC[C@@H]1OCc1c(C)noc1C. The van der Waals surface area contributed by atoms with Gasteiger partial charge in [0.2, 0.25) is 0 Å². The van der Waals surface area contributed by atoms with E-state index in [1.54, 1.807) is 0 Å². The lowest BCUT2D eigenvalue weighted by Gasteiger charge is -2.32. The van der Waals surface area contributed by atoms with Gasteiger partial charge in [-0.05, 0) is 44.2 Å². The van der Waals surface area contributed by atoms with Crippen molar-refractivity contribution in [3.8, 4) is 0 Å². The Labute approximate surface area is 145 Å². The van der Waals surface area contributed by atoms with Crippen molar-refractivity contribution in [2.45, 2.75) is 45.9 Å². The molecule has 1 N–H and O–H groups in total. The highest BCUT2D eigenvalue weighted by atomic mass is 32.1. The smallest absolute Gasteiger partial charge is 0.262 e. The Morgan fingerprint density at radius 3 is 2.96 bits per heavy atom. The minimum atomic E-state index is -0.159. The number of hydrogen-bond acceptors (Lipinski definition) is 6. The molecule has 7 heteroatoms. The predicted octanol–water partition coefficient (Wildman–Crippen LogP) is 2.77. The summed E-state index contributed by atoms with van der Waals surface area (Å²) in [5.74, 6) is 0.707. The van der Waals surface area contributed by atoms with Gasteiger partial charge in [-0.25, -0.2) is 0 Å². The number of hydrogen-bond donors (Lipinski definition) is 1. The molecule has 24 heavy (non-hydrogen) atoms. The van der Waals surface area contributed by atoms with Crippen LogP contribution >= 0.6 is 11.3 Å². The van der Waals surface area contributed by atoms with Crippen LogP contribution in [0.5, 0.6) is 0 Å². The summed E-state index contributed by atoms with van der Waals surface area (Å²) in [5, 5.41) is 8.92. The molecule has 2 atom stereocenters. The second kappa shape index (κ2) is 7.46. The quantitative estimate of drug-likeness (QED) is 0.897. The molecule has 1 aliphatic rings. The molecule has 0 aliphatic carbocycles. The van der Waals surface area contributed by atoms with E-state index in [4.69, 9.17) is 14.0 Å². The number of ether oxygens (including phenoxy) is 2. The highest BCUT2D eigenvalue weighted by molar-refractivity contribution is 7.12. The summed E-state index contributed by atoms with van der Waals surface area (Å²) < 4.78 is 16.7. The molecule has 0 saturated carbocycles. The second-order valence-electron chi connectivity index (χ2n) is 6.03. The van der Waals surface area contributed by atoms with Crippen LogP contribution in [-0.2, 0) is 16.1 Å². The minimum absolute atomic E-state index is 0.0658. The van der Waals surface area contributed by atoms with Crippen molar-refractivity contribution in [3.05, 3.63) is 38.9 Å². The maximum Gasteiger partial charge on any atom is 0.262 e. The normalized spacial score (nSPS) is 21.0. The van der Waals surface area contributed by atoms with Crippen molar-refractivity contribution in [1.82, 2.24) is 10.5 Å². The zero-order valence-electron chi connectivity index (χ0n) is 14.1. The fourth-order valence-corrected chi connectivity index (χ4v) is 3.62.